The molecule has 2 rings (SSSR count). The van der Waals surface area contributed by atoms with E-state index in [1.54, 1.807) is 6.33 Å². The van der Waals surface area contributed by atoms with Gasteiger partial charge in [-0.05, 0) is 6.42 Å². The number of carbonyl (C=O) groups is 1. The number of nitrogens with zero attached hydrogens (tertiary/aromatic N) is 2. The minimum Gasteiger partial charge on any atom is -0.353 e. The number of nitrogens with one attached hydrogen (secondary N) is 1. The van der Waals surface area contributed by atoms with Gasteiger partial charge in [-0.25, -0.2) is 4.98 Å². The molecule has 1 aliphatic rings. The molecule has 0 spiro atoms. The van der Waals surface area contributed by atoms with E-state index in [-0.39, 0.29) is 5.91 Å². The van der Waals surface area contributed by atoms with Crippen LogP contribution in [0.1, 0.15) is 18.5 Å². The highest BCUT2D eigenvalue weighted by Crippen LogP contribution is 2.11. The Morgan fingerprint density at radius 3 is 3.15 bits per heavy atom. The second kappa shape index (κ2) is 3.20. The lowest BCUT2D eigenvalue weighted by molar-refractivity contribution is -0.119. The van der Waals surface area contributed by atoms with Gasteiger partial charge in [-0.3, -0.25) is 4.79 Å². The first-order chi connectivity index (χ1) is 6.25. The molecule has 0 saturated carbocycles. The van der Waals surface area contributed by atoms with Gasteiger partial charge >= 0.3 is 0 Å². The van der Waals surface area contributed by atoms with E-state index in [4.69, 9.17) is 0 Å². The molecule has 2 heterocycles. The maximum atomic E-state index is 10.9. The lowest BCUT2D eigenvalue weighted by Crippen LogP contribution is -2.27. The van der Waals surface area contributed by atoms with Crippen molar-refractivity contribution in [1.29, 1.82) is 0 Å². The first kappa shape index (κ1) is 8.29. The number of carbonyl (C=O) groups excluding carboxylic acids is 1. The summed E-state index contributed by atoms with van der Waals surface area (Å²) in [5, 5.41) is 2.94. The standard InChI is InChI=1S/C9H13N3O/c1-12-6-10-5-8(12)4-7-2-3-9(13)11-7/h5-7H,2-4H2,1H3,(H,11,13). The smallest absolute Gasteiger partial charge is 0.220 e. The zero-order chi connectivity index (χ0) is 9.26. The highest BCUT2D eigenvalue weighted by atomic mass is 16.1. The van der Waals surface area contributed by atoms with Crippen LogP contribution in [0.5, 0.6) is 0 Å². The zero-order valence-corrected chi connectivity index (χ0v) is 7.66. The molecule has 1 saturated heterocycles. The van der Waals surface area contributed by atoms with E-state index in [9.17, 15) is 4.79 Å². The van der Waals surface area contributed by atoms with Gasteiger partial charge in [0, 0.05) is 37.8 Å². The fourth-order valence-corrected chi connectivity index (χ4v) is 1.66. The van der Waals surface area contributed by atoms with Crippen LogP contribution in [0.15, 0.2) is 12.5 Å². The molecule has 1 fully saturated rings. The van der Waals surface area contributed by atoms with Crippen molar-refractivity contribution >= 4 is 5.91 Å². The second-order valence-electron chi connectivity index (χ2n) is 3.50. The van der Waals surface area contributed by atoms with E-state index >= 15 is 0 Å². The van der Waals surface area contributed by atoms with Crippen LogP contribution < -0.4 is 5.32 Å². The Bertz CT molecular complexity index is 318. The maximum absolute atomic E-state index is 10.9. The van der Waals surface area contributed by atoms with Crippen molar-refractivity contribution in [1.82, 2.24) is 14.9 Å². The topological polar surface area (TPSA) is 46.9 Å². The molecule has 0 bridgehead atoms. The normalized spacial score (nSPS) is 21.9. The molecule has 0 aromatic carbocycles. The number of rotatable bonds is 2. The summed E-state index contributed by atoms with van der Waals surface area (Å²) in [4.78, 5) is 15.0. The average molecular weight is 179 g/mol. The van der Waals surface area contributed by atoms with Crippen molar-refractivity contribution in [2.75, 3.05) is 0 Å². The molecule has 1 N–H and O–H groups in total. The summed E-state index contributed by atoms with van der Waals surface area (Å²) in [5.41, 5.74) is 1.17. The Hall–Kier alpha value is -1.32. The molecule has 1 atom stereocenters. The van der Waals surface area contributed by atoms with E-state index in [1.807, 2.05) is 17.8 Å². The van der Waals surface area contributed by atoms with Gasteiger partial charge in [-0.1, -0.05) is 0 Å². The molecule has 0 radical (unpaired) electrons. The van der Waals surface area contributed by atoms with Crippen molar-refractivity contribution in [2.24, 2.45) is 7.05 Å². The van der Waals surface area contributed by atoms with Crippen molar-refractivity contribution < 1.29 is 4.79 Å². The van der Waals surface area contributed by atoms with Crippen LogP contribution in [0.25, 0.3) is 0 Å². The molecule has 1 aromatic heterocycles. The summed E-state index contributed by atoms with van der Waals surface area (Å²) in [6.45, 7) is 0. The average Bonchev–Trinajstić information content (AvgIpc) is 2.64. The molecule has 4 heteroatoms. The molecule has 0 aliphatic carbocycles. The zero-order valence-electron chi connectivity index (χ0n) is 7.66. The first-order valence-electron chi connectivity index (χ1n) is 4.50. The van der Waals surface area contributed by atoms with Crippen molar-refractivity contribution in [3.8, 4) is 0 Å². The summed E-state index contributed by atoms with van der Waals surface area (Å²) in [6.07, 6.45) is 6.14. The van der Waals surface area contributed by atoms with Gasteiger partial charge in [0.05, 0.1) is 6.33 Å². The maximum Gasteiger partial charge on any atom is 0.220 e. The van der Waals surface area contributed by atoms with Crippen molar-refractivity contribution in [3.63, 3.8) is 0 Å². The van der Waals surface area contributed by atoms with Crippen LogP contribution in [0.3, 0.4) is 0 Å². The SMILES string of the molecule is Cn1cncc1CC1CCC(=O)N1. The molecule has 1 aromatic rings. The Kier molecular flexibility index (Phi) is 2.04. The van der Waals surface area contributed by atoms with E-state index in [0.29, 0.717) is 12.5 Å². The van der Waals surface area contributed by atoms with Crippen LogP contribution in [-0.2, 0) is 18.3 Å². The number of aromatic nitrogens is 2. The molecular weight excluding hydrogens is 166 g/mol. The van der Waals surface area contributed by atoms with Gasteiger partial charge in [-0.15, -0.1) is 0 Å². The predicted octanol–water partition coefficient (Wildman–Crippen LogP) is 0.241. The van der Waals surface area contributed by atoms with Gasteiger partial charge in [0.1, 0.15) is 0 Å². The summed E-state index contributed by atoms with van der Waals surface area (Å²) in [5.74, 6) is 0.173. The Morgan fingerprint density at radius 1 is 1.77 bits per heavy atom. The summed E-state index contributed by atoms with van der Waals surface area (Å²) >= 11 is 0. The second-order valence-corrected chi connectivity index (χ2v) is 3.50. The van der Waals surface area contributed by atoms with E-state index in [0.717, 1.165) is 12.8 Å². The molecule has 70 valence electrons. The van der Waals surface area contributed by atoms with Crippen molar-refractivity contribution in [2.45, 2.75) is 25.3 Å². The van der Waals surface area contributed by atoms with E-state index < -0.39 is 0 Å². The quantitative estimate of drug-likeness (QED) is 0.707. The fourth-order valence-electron chi connectivity index (χ4n) is 1.66. The van der Waals surface area contributed by atoms with Crippen LogP contribution in [0.2, 0.25) is 0 Å². The van der Waals surface area contributed by atoms with E-state index in [2.05, 4.69) is 10.3 Å². The number of imidazole rings is 1. The van der Waals surface area contributed by atoms with Gasteiger partial charge in [0.15, 0.2) is 0 Å². The highest BCUT2D eigenvalue weighted by Gasteiger charge is 2.21. The van der Waals surface area contributed by atoms with E-state index in [1.165, 1.54) is 5.69 Å². The van der Waals surface area contributed by atoms with Gasteiger partial charge in [0.25, 0.3) is 0 Å². The number of aryl methyl sites for hydroxylation is 1. The molecule has 1 unspecified atom stereocenters. The predicted molar refractivity (Wildman–Crippen MR) is 48.1 cm³/mol. The molecule has 4 nitrogen and oxygen atoms in total. The van der Waals surface area contributed by atoms with Crippen molar-refractivity contribution in [3.05, 3.63) is 18.2 Å². The summed E-state index contributed by atoms with van der Waals surface area (Å²) in [7, 11) is 1.97. The van der Waals surface area contributed by atoms with Gasteiger partial charge in [-0.2, -0.15) is 0 Å². The van der Waals surface area contributed by atoms with Crippen LogP contribution in [0.4, 0.5) is 0 Å². The first-order valence-corrected chi connectivity index (χ1v) is 4.50. The molecule has 13 heavy (non-hydrogen) atoms. The minimum absolute atomic E-state index is 0.173. The monoisotopic (exact) mass is 179 g/mol. The van der Waals surface area contributed by atoms with Gasteiger partial charge in [0.2, 0.25) is 5.91 Å². The lowest BCUT2D eigenvalue weighted by Gasteiger charge is -2.09. The summed E-state index contributed by atoms with van der Waals surface area (Å²) in [6, 6.07) is 0.308. The fraction of sp³-hybridized carbons (Fsp3) is 0.556. The third-order valence-electron chi connectivity index (χ3n) is 2.46. The largest absolute Gasteiger partial charge is 0.353 e. The molecule has 1 amide bonds. The third-order valence-corrected chi connectivity index (χ3v) is 2.46. The number of amides is 1. The van der Waals surface area contributed by atoms with Gasteiger partial charge < -0.3 is 9.88 Å². The third kappa shape index (κ3) is 1.71. The molecule has 1 aliphatic heterocycles. The molecular formula is C9H13N3O. The summed E-state index contributed by atoms with van der Waals surface area (Å²) < 4.78 is 1.99. The minimum atomic E-state index is 0.173. The highest BCUT2D eigenvalue weighted by molar-refractivity contribution is 5.78. The Morgan fingerprint density at radius 2 is 2.62 bits per heavy atom. The number of hydrogen-bond acceptors (Lipinski definition) is 2. The van der Waals surface area contributed by atoms with Crippen LogP contribution in [-0.4, -0.2) is 21.5 Å². The van der Waals surface area contributed by atoms with Crippen LogP contribution >= 0.6 is 0 Å². The number of hydrogen-bond donors (Lipinski definition) is 1. The van der Waals surface area contributed by atoms with Crippen LogP contribution in [0, 0.1) is 0 Å². The Balaban J connectivity index is 1.99. The Labute approximate surface area is 77.0 Å². The lowest BCUT2D eigenvalue weighted by atomic mass is 10.1.